The number of benzene rings is 1. The number of esters is 1. The highest BCUT2D eigenvalue weighted by molar-refractivity contribution is 7.91. The van der Waals surface area contributed by atoms with Gasteiger partial charge in [0.2, 0.25) is 20.0 Å². The molecule has 0 bridgehead atoms. The number of carbonyl (C=O) groups is 1. The molecule has 130 valence electrons. The molecule has 0 aliphatic heterocycles. The molecule has 1 aromatic heterocycles. The van der Waals surface area contributed by atoms with Crippen molar-refractivity contribution in [3.63, 3.8) is 0 Å². The number of sulfonamides is 2. The first kappa shape index (κ1) is 18.5. The first-order valence-electron chi connectivity index (χ1n) is 6.43. The van der Waals surface area contributed by atoms with Crippen LogP contribution in [0.4, 0.5) is 0 Å². The molecule has 0 aliphatic rings. The van der Waals surface area contributed by atoms with Gasteiger partial charge in [0.05, 0.1) is 17.6 Å². The third-order valence-corrected chi connectivity index (χ3v) is 6.84. The van der Waals surface area contributed by atoms with Gasteiger partial charge in [0.1, 0.15) is 4.21 Å². The zero-order valence-corrected chi connectivity index (χ0v) is 14.9. The summed E-state index contributed by atoms with van der Waals surface area (Å²) in [6, 6.07) is 8.16. The first-order valence-corrected chi connectivity index (χ1v) is 10.3. The Balaban J connectivity index is 2.17. The van der Waals surface area contributed by atoms with Crippen LogP contribution >= 0.6 is 11.3 Å². The summed E-state index contributed by atoms with van der Waals surface area (Å²) < 4.78 is 53.8. The van der Waals surface area contributed by atoms with Crippen molar-refractivity contribution < 1.29 is 26.4 Å². The number of nitrogens with two attached hydrogens (primary N) is 1. The number of thiophene rings is 1. The van der Waals surface area contributed by atoms with E-state index in [4.69, 9.17) is 5.14 Å². The zero-order valence-electron chi connectivity index (χ0n) is 12.4. The van der Waals surface area contributed by atoms with Crippen LogP contribution in [0, 0.1) is 0 Å². The lowest BCUT2D eigenvalue weighted by molar-refractivity contribution is 0.0600. The second-order valence-electron chi connectivity index (χ2n) is 4.61. The Morgan fingerprint density at radius 3 is 2.50 bits per heavy atom. The van der Waals surface area contributed by atoms with E-state index in [0.29, 0.717) is 4.88 Å². The average molecular weight is 390 g/mol. The molecule has 24 heavy (non-hydrogen) atoms. The number of nitrogens with one attached hydrogen (secondary N) is 1. The van der Waals surface area contributed by atoms with Gasteiger partial charge in [0.25, 0.3) is 0 Å². The smallest absolute Gasteiger partial charge is 0.337 e. The normalized spacial score (nSPS) is 12.1. The fourth-order valence-electron chi connectivity index (χ4n) is 1.76. The second-order valence-corrected chi connectivity index (χ2v) is 9.33. The molecular weight excluding hydrogens is 376 g/mol. The quantitative estimate of drug-likeness (QED) is 0.696. The maximum absolute atomic E-state index is 12.3. The summed E-state index contributed by atoms with van der Waals surface area (Å²) in [6.45, 7) is -0.106. The monoisotopic (exact) mass is 390 g/mol. The first-order chi connectivity index (χ1) is 11.1. The Kier molecular flexibility index (Phi) is 5.40. The van der Waals surface area contributed by atoms with Crippen molar-refractivity contribution in [1.82, 2.24) is 4.72 Å². The highest BCUT2D eigenvalue weighted by Crippen LogP contribution is 2.21. The third kappa shape index (κ3) is 4.39. The van der Waals surface area contributed by atoms with Crippen molar-refractivity contribution in [1.29, 1.82) is 0 Å². The molecule has 0 saturated carbocycles. The molecule has 2 aromatic rings. The predicted molar refractivity (Wildman–Crippen MR) is 87.5 cm³/mol. The Bertz CT molecular complexity index is 963. The van der Waals surface area contributed by atoms with Gasteiger partial charge in [0, 0.05) is 11.4 Å². The lowest BCUT2D eigenvalue weighted by Crippen LogP contribution is -2.23. The van der Waals surface area contributed by atoms with Crippen molar-refractivity contribution in [2.45, 2.75) is 15.6 Å². The molecule has 0 unspecified atom stereocenters. The van der Waals surface area contributed by atoms with Crippen LogP contribution < -0.4 is 9.86 Å². The van der Waals surface area contributed by atoms with Crippen molar-refractivity contribution >= 4 is 37.4 Å². The molecule has 11 heteroatoms. The van der Waals surface area contributed by atoms with E-state index >= 15 is 0 Å². The lowest BCUT2D eigenvalue weighted by Gasteiger charge is -2.07. The van der Waals surface area contributed by atoms with Crippen molar-refractivity contribution in [2.24, 2.45) is 5.14 Å². The van der Waals surface area contributed by atoms with Gasteiger partial charge in [-0.05, 0) is 30.3 Å². The van der Waals surface area contributed by atoms with Gasteiger partial charge in [-0.3, -0.25) is 0 Å². The van der Waals surface area contributed by atoms with Gasteiger partial charge in [-0.2, -0.15) is 0 Å². The number of primary sulfonamides is 1. The molecule has 0 aliphatic carbocycles. The minimum atomic E-state index is -3.88. The maximum atomic E-state index is 12.3. The van der Waals surface area contributed by atoms with E-state index in [0.717, 1.165) is 11.3 Å². The van der Waals surface area contributed by atoms with Gasteiger partial charge in [-0.1, -0.05) is 6.07 Å². The van der Waals surface area contributed by atoms with E-state index in [9.17, 15) is 21.6 Å². The summed E-state index contributed by atoms with van der Waals surface area (Å²) in [5.41, 5.74) is 0.105. The Morgan fingerprint density at radius 1 is 1.21 bits per heavy atom. The van der Waals surface area contributed by atoms with E-state index < -0.39 is 26.0 Å². The van der Waals surface area contributed by atoms with Gasteiger partial charge in [0.15, 0.2) is 0 Å². The van der Waals surface area contributed by atoms with E-state index in [-0.39, 0.29) is 21.2 Å². The summed E-state index contributed by atoms with van der Waals surface area (Å²) in [4.78, 5) is 11.8. The molecule has 0 saturated heterocycles. The van der Waals surface area contributed by atoms with Crippen LogP contribution in [0.15, 0.2) is 45.5 Å². The molecule has 0 spiro atoms. The Morgan fingerprint density at radius 2 is 1.92 bits per heavy atom. The number of rotatable bonds is 6. The minimum Gasteiger partial charge on any atom is -0.465 e. The van der Waals surface area contributed by atoms with Crippen molar-refractivity contribution in [3.05, 3.63) is 46.8 Å². The Hall–Kier alpha value is -1.79. The SMILES string of the molecule is COC(=O)c1cccc(S(=O)(=O)NCc2ccc(S(N)(=O)=O)s2)c1. The van der Waals surface area contributed by atoms with E-state index in [2.05, 4.69) is 9.46 Å². The minimum absolute atomic E-state index is 0.0515. The lowest BCUT2D eigenvalue weighted by atomic mass is 10.2. The summed E-state index contributed by atoms with van der Waals surface area (Å²) in [5, 5.41) is 5.00. The highest BCUT2D eigenvalue weighted by atomic mass is 32.2. The maximum Gasteiger partial charge on any atom is 0.337 e. The molecule has 0 radical (unpaired) electrons. The van der Waals surface area contributed by atoms with Crippen LogP contribution in [-0.2, 0) is 31.3 Å². The van der Waals surface area contributed by atoms with Gasteiger partial charge in [-0.25, -0.2) is 31.5 Å². The topological polar surface area (TPSA) is 133 Å². The molecule has 8 nitrogen and oxygen atoms in total. The van der Waals surface area contributed by atoms with Crippen LogP contribution in [0.25, 0.3) is 0 Å². The number of ether oxygens (including phenoxy) is 1. The van der Waals surface area contributed by atoms with Crippen LogP contribution in [0.5, 0.6) is 0 Å². The second kappa shape index (κ2) is 6.99. The summed E-state index contributed by atoms with van der Waals surface area (Å²) in [5.74, 6) is -0.650. The largest absolute Gasteiger partial charge is 0.465 e. The van der Waals surface area contributed by atoms with Gasteiger partial charge in [-0.15, -0.1) is 11.3 Å². The van der Waals surface area contributed by atoms with Gasteiger partial charge < -0.3 is 4.74 Å². The molecule has 2 rings (SSSR count). The van der Waals surface area contributed by atoms with Crippen molar-refractivity contribution in [3.8, 4) is 0 Å². The van der Waals surface area contributed by atoms with Crippen LogP contribution in [0.3, 0.4) is 0 Å². The summed E-state index contributed by atoms with van der Waals surface area (Å²) >= 11 is 0.873. The number of hydrogen-bond acceptors (Lipinski definition) is 7. The Labute approximate surface area is 143 Å². The van der Waals surface area contributed by atoms with Gasteiger partial charge >= 0.3 is 5.97 Å². The molecule has 1 heterocycles. The van der Waals surface area contributed by atoms with Crippen LogP contribution in [-0.4, -0.2) is 29.9 Å². The third-order valence-electron chi connectivity index (χ3n) is 2.92. The standard InChI is InChI=1S/C13H14N2O6S3/c1-21-13(16)9-3-2-4-11(7-9)24(19,20)15-8-10-5-6-12(22-10)23(14,17)18/h2-7,15H,8H2,1H3,(H2,14,17,18). The average Bonchev–Trinajstić information content (AvgIpc) is 3.02. The molecular formula is C13H14N2O6S3. The number of hydrogen-bond donors (Lipinski definition) is 2. The van der Waals surface area contributed by atoms with Crippen molar-refractivity contribution in [2.75, 3.05) is 7.11 Å². The number of carbonyl (C=O) groups excluding carboxylic acids is 1. The van der Waals surface area contributed by atoms with E-state index in [1.807, 2.05) is 0 Å². The molecule has 0 fully saturated rings. The fourth-order valence-corrected chi connectivity index (χ4v) is 4.63. The molecule has 3 N–H and O–H groups in total. The fraction of sp³-hybridized carbons (Fsp3) is 0.154. The molecule has 0 amide bonds. The highest BCUT2D eigenvalue weighted by Gasteiger charge is 2.18. The zero-order chi connectivity index (χ0) is 18.0. The van der Waals surface area contributed by atoms with E-state index in [1.165, 1.54) is 43.5 Å². The molecule has 0 atom stereocenters. The van der Waals surface area contributed by atoms with E-state index in [1.54, 1.807) is 0 Å². The van der Waals surface area contributed by atoms with Crippen LogP contribution in [0.2, 0.25) is 0 Å². The number of methoxy groups -OCH3 is 1. The summed E-state index contributed by atoms with van der Waals surface area (Å²) in [7, 11) is -6.50. The predicted octanol–water partition coefficient (Wildman–Crippen LogP) is 0.661. The van der Waals surface area contributed by atoms with Crippen LogP contribution in [0.1, 0.15) is 15.2 Å². The molecule has 1 aromatic carbocycles. The summed E-state index contributed by atoms with van der Waals surface area (Å²) in [6.07, 6.45) is 0.